The Morgan fingerprint density at radius 3 is 2.78 bits per heavy atom. The highest BCUT2D eigenvalue weighted by Crippen LogP contribution is 2.29. The second-order valence-electron chi connectivity index (χ2n) is 5.70. The number of hydrogen-bond donors (Lipinski definition) is 1. The molecular weight excluding hydrogens is 298 g/mol. The summed E-state index contributed by atoms with van der Waals surface area (Å²) in [5.74, 6) is -0.348. The topological polar surface area (TPSA) is 76.1 Å². The molecule has 1 aliphatic rings. The number of benzene rings is 1. The third-order valence-electron chi connectivity index (χ3n) is 3.92. The van der Waals surface area contributed by atoms with E-state index >= 15 is 0 Å². The van der Waals surface area contributed by atoms with Crippen LogP contribution in [-0.2, 0) is 16.1 Å². The number of nitrogens with zero attached hydrogens (tertiary/aromatic N) is 1. The maximum absolute atomic E-state index is 11.9. The third-order valence-corrected chi connectivity index (χ3v) is 3.92. The zero-order valence-electron chi connectivity index (χ0n) is 13.6. The number of ether oxygens (including phenoxy) is 2. The number of carbonyl (C=O) groups is 2. The van der Waals surface area contributed by atoms with Crippen LogP contribution >= 0.6 is 0 Å². The highest BCUT2D eigenvalue weighted by molar-refractivity contribution is 5.86. The molecular formula is C17H23NO5. The molecule has 1 aliphatic heterocycles. The average molecular weight is 321 g/mol. The molecule has 1 saturated heterocycles. The van der Waals surface area contributed by atoms with Crippen LogP contribution in [0.5, 0.6) is 11.5 Å². The fourth-order valence-electron chi connectivity index (χ4n) is 2.57. The van der Waals surface area contributed by atoms with Crippen LogP contribution in [0.15, 0.2) is 18.2 Å². The molecule has 1 atom stereocenters. The van der Waals surface area contributed by atoms with E-state index in [9.17, 15) is 9.59 Å². The summed E-state index contributed by atoms with van der Waals surface area (Å²) in [7, 11) is 1.58. The van der Waals surface area contributed by atoms with E-state index < -0.39 is 11.9 Å². The molecule has 6 heteroatoms. The molecule has 6 nitrogen and oxygen atoms in total. The summed E-state index contributed by atoms with van der Waals surface area (Å²) < 4.78 is 11.0. The van der Waals surface area contributed by atoms with Gasteiger partial charge in [0, 0.05) is 19.5 Å². The molecule has 1 N–H and O–H groups in total. The van der Waals surface area contributed by atoms with E-state index in [4.69, 9.17) is 14.6 Å². The molecule has 1 aromatic rings. The molecule has 1 heterocycles. The molecule has 0 bridgehead atoms. The zero-order chi connectivity index (χ0) is 16.8. The van der Waals surface area contributed by atoms with Gasteiger partial charge in [-0.1, -0.05) is 19.4 Å². The summed E-state index contributed by atoms with van der Waals surface area (Å²) >= 11 is 0. The van der Waals surface area contributed by atoms with Crippen LogP contribution in [0.25, 0.3) is 0 Å². The maximum atomic E-state index is 11.9. The van der Waals surface area contributed by atoms with E-state index in [1.54, 1.807) is 12.0 Å². The summed E-state index contributed by atoms with van der Waals surface area (Å²) in [6.07, 6.45) is 2.11. The number of hydrogen-bond acceptors (Lipinski definition) is 4. The van der Waals surface area contributed by atoms with Crippen molar-refractivity contribution in [1.82, 2.24) is 4.90 Å². The van der Waals surface area contributed by atoms with E-state index in [0.29, 0.717) is 24.7 Å². The van der Waals surface area contributed by atoms with E-state index in [1.165, 1.54) is 0 Å². The highest BCUT2D eigenvalue weighted by atomic mass is 16.5. The fraction of sp³-hybridized carbons (Fsp3) is 0.529. The Hall–Kier alpha value is -2.24. The Balaban J connectivity index is 2.03. The largest absolute Gasteiger partial charge is 0.493 e. The van der Waals surface area contributed by atoms with Gasteiger partial charge in [0.25, 0.3) is 0 Å². The van der Waals surface area contributed by atoms with Crippen molar-refractivity contribution in [2.75, 3.05) is 20.3 Å². The van der Waals surface area contributed by atoms with E-state index in [0.717, 1.165) is 18.4 Å². The molecule has 0 aromatic heterocycles. The van der Waals surface area contributed by atoms with Gasteiger partial charge in [-0.3, -0.25) is 9.59 Å². The molecule has 2 rings (SSSR count). The van der Waals surface area contributed by atoms with Crippen LogP contribution in [-0.4, -0.2) is 42.1 Å². The van der Waals surface area contributed by atoms with Crippen molar-refractivity contribution in [3.8, 4) is 11.5 Å². The Bertz CT molecular complexity index is 572. The predicted molar refractivity (Wildman–Crippen MR) is 84.6 cm³/mol. The van der Waals surface area contributed by atoms with Gasteiger partial charge >= 0.3 is 5.97 Å². The second-order valence-corrected chi connectivity index (χ2v) is 5.70. The SMILES string of the molecule is CCCCOc1ccc(CN2C[C@H](C(=O)O)CC2=O)cc1OC. The van der Waals surface area contributed by atoms with Gasteiger partial charge in [0.15, 0.2) is 11.5 Å². The lowest BCUT2D eigenvalue weighted by atomic mass is 10.1. The van der Waals surface area contributed by atoms with Crippen LogP contribution < -0.4 is 9.47 Å². The minimum atomic E-state index is -0.918. The Kier molecular flexibility index (Phi) is 5.84. The first-order valence-corrected chi connectivity index (χ1v) is 7.85. The van der Waals surface area contributed by atoms with Crippen molar-refractivity contribution in [3.63, 3.8) is 0 Å². The van der Waals surface area contributed by atoms with Crippen LogP contribution in [0.1, 0.15) is 31.7 Å². The van der Waals surface area contributed by atoms with Crippen LogP contribution in [0.2, 0.25) is 0 Å². The zero-order valence-corrected chi connectivity index (χ0v) is 13.6. The molecule has 1 amide bonds. The first kappa shape index (κ1) is 17.1. The summed E-state index contributed by atoms with van der Waals surface area (Å²) in [5, 5.41) is 9.02. The number of carbonyl (C=O) groups excluding carboxylic acids is 1. The van der Waals surface area contributed by atoms with Crippen molar-refractivity contribution < 1.29 is 24.2 Å². The van der Waals surface area contributed by atoms with Gasteiger partial charge < -0.3 is 19.5 Å². The Labute approximate surface area is 136 Å². The molecule has 0 spiro atoms. The quantitative estimate of drug-likeness (QED) is 0.744. The van der Waals surface area contributed by atoms with Gasteiger partial charge in [-0.05, 0) is 24.1 Å². The van der Waals surface area contributed by atoms with E-state index in [1.807, 2.05) is 18.2 Å². The number of methoxy groups -OCH3 is 1. The molecule has 0 aliphatic carbocycles. The molecule has 23 heavy (non-hydrogen) atoms. The molecule has 126 valence electrons. The van der Waals surface area contributed by atoms with Crippen LogP contribution in [0.4, 0.5) is 0 Å². The first-order valence-electron chi connectivity index (χ1n) is 7.85. The summed E-state index contributed by atoms with van der Waals surface area (Å²) in [6, 6.07) is 5.55. The number of amides is 1. The van der Waals surface area contributed by atoms with Crippen molar-refractivity contribution in [2.24, 2.45) is 5.92 Å². The van der Waals surface area contributed by atoms with Crippen molar-refractivity contribution in [1.29, 1.82) is 0 Å². The van der Waals surface area contributed by atoms with Gasteiger partial charge in [0.1, 0.15) is 0 Å². The summed E-state index contributed by atoms with van der Waals surface area (Å²) in [6.45, 7) is 3.37. The predicted octanol–water partition coefficient (Wildman–Crippen LogP) is 2.31. The summed E-state index contributed by atoms with van der Waals surface area (Å²) in [5.41, 5.74) is 0.893. The number of carboxylic acids is 1. The molecule has 1 aromatic carbocycles. The van der Waals surface area contributed by atoms with Crippen molar-refractivity contribution >= 4 is 11.9 Å². The van der Waals surface area contributed by atoms with E-state index in [-0.39, 0.29) is 18.9 Å². The standard InChI is InChI=1S/C17H23NO5/c1-3-4-7-23-14-6-5-12(8-15(14)22-2)10-18-11-13(17(20)21)9-16(18)19/h5-6,8,13H,3-4,7,9-11H2,1-2H3,(H,20,21)/t13-/m1/s1. The van der Waals surface area contributed by atoms with E-state index in [2.05, 4.69) is 6.92 Å². The number of aliphatic carboxylic acids is 1. The Morgan fingerprint density at radius 2 is 2.17 bits per heavy atom. The van der Waals surface area contributed by atoms with Gasteiger partial charge in [-0.25, -0.2) is 0 Å². The van der Waals surface area contributed by atoms with Crippen molar-refractivity contribution in [3.05, 3.63) is 23.8 Å². The average Bonchev–Trinajstić information content (AvgIpc) is 2.90. The fourth-order valence-corrected chi connectivity index (χ4v) is 2.57. The Morgan fingerprint density at radius 1 is 1.39 bits per heavy atom. The molecule has 0 unspecified atom stereocenters. The maximum Gasteiger partial charge on any atom is 0.308 e. The second kappa shape index (κ2) is 7.85. The number of likely N-dealkylation sites (tertiary alicyclic amines) is 1. The van der Waals surface area contributed by atoms with Crippen molar-refractivity contribution in [2.45, 2.75) is 32.7 Å². The normalized spacial score (nSPS) is 17.4. The lowest BCUT2D eigenvalue weighted by Crippen LogP contribution is -2.25. The van der Waals surface area contributed by atoms with Gasteiger partial charge in [-0.2, -0.15) is 0 Å². The minimum Gasteiger partial charge on any atom is -0.493 e. The smallest absolute Gasteiger partial charge is 0.308 e. The number of rotatable bonds is 8. The van der Waals surface area contributed by atoms with Crippen LogP contribution in [0.3, 0.4) is 0 Å². The molecule has 0 radical (unpaired) electrons. The van der Waals surface area contributed by atoms with Gasteiger partial charge in [0.05, 0.1) is 19.6 Å². The van der Waals surface area contributed by atoms with Crippen LogP contribution in [0, 0.1) is 5.92 Å². The minimum absolute atomic E-state index is 0.0741. The lowest BCUT2D eigenvalue weighted by Gasteiger charge is -2.17. The number of unbranched alkanes of at least 4 members (excludes halogenated alkanes) is 1. The van der Waals surface area contributed by atoms with Gasteiger partial charge in [0.2, 0.25) is 5.91 Å². The van der Waals surface area contributed by atoms with Gasteiger partial charge in [-0.15, -0.1) is 0 Å². The monoisotopic (exact) mass is 321 g/mol. The molecule has 1 fully saturated rings. The third kappa shape index (κ3) is 4.37. The number of carboxylic acid groups (broad SMARTS) is 1. The summed E-state index contributed by atoms with van der Waals surface area (Å²) in [4.78, 5) is 24.5. The first-order chi connectivity index (χ1) is 11.0. The lowest BCUT2D eigenvalue weighted by molar-refractivity contribution is -0.141. The highest BCUT2D eigenvalue weighted by Gasteiger charge is 2.34. The molecule has 0 saturated carbocycles.